The summed E-state index contributed by atoms with van der Waals surface area (Å²) in [7, 11) is 0. The Balaban J connectivity index is 0. The summed E-state index contributed by atoms with van der Waals surface area (Å²) >= 11 is 0. The number of carbonyl (C=O) groups excluding carboxylic acids is 2. The van der Waals surface area contributed by atoms with Gasteiger partial charge in [-0.15, -0.1) is 0 Å². The maximum Gasteiger partial charge on any atom is 1.00 e. The van der Waals surface area contributed by atoms with Crippen LogP contribution >= 0.6 is 0 Å². The summed E-state index contributed by atoms with van der Waals surface area (Å²) in [6.45, 7) is 4.64. The molecule has 0 atom stereocenters. The predicted molar refractivity (Wildman–Crippen MR) is 35.4 cm³/mol. The minimum absolute atomic E-state index is 0. The van der Waals surface area contributed by atoms with Gasteiger partial charge in [0.15, 0.2) is 0 Å². The van der Waals surface area contributed by atoms with Crippen molar-refractivity contribution in [3.05, 3.63) is 12.2 Å². The first-order valence-corrected chi connectivity index (χ1v) is 3.06. The van der Waals surface area contributed by atoms with E-state index >= 15 is 0 Å². The van der Waals surface area contributed by atoms with Crippen molar-refractivity contribution < 1.29 is 38.3 Å². The topological polar surface area (TPSA) is 66.4 Å². The molecule has 0 saturated carbocycles. The number of hydrogen-bond donors (Lipinski definition) is 0. The van der Waals surface area contributed by atoms with Gasteiger partial charge in [-0.3, -0.25) is 0 Å². The first-order chi connectivity index (χ1) is 5.04. The molecule has 4 nitrogen and oxygen atoms in total. The molecular formula is C7H9LiO4. The standard InChI is InChI=1S/C7H10O4.Li/c1-5(2)7(10)11-4-3-6(8)9;/h1,3-4H2,2H3,(H,8,9);/q;+1/p-1. The molecular weight excluding hydrogens is 155 g/mol. The number of hydrogen-bond acceptors (Lipinski definition) is 4. The molecule has 0 aliphatic heterocycles. The molecule has 0 saturated heterocycles. The fourth-order valence-electron chi connectivity index (χ4n) is 0.350. The largest absolute Gasteiger partial charge is 1.00 e. The Morgan fingerprint density at radius 1 is 1.50 bits per heavy atom. The van der Waals surface area contributed by atoms with Crippen molar-refractivity contribution in [1.29, 1.82) is 0 Å². The molecule has 0 fully saturated rings. The zero-order chi connectivity index (χ0) is 8.85. The molecule has 0 bridgehead atoms. The summed E-state index contributed by atoms with van der Waals surface area (Å²) < 4.78 is 4.45. The molecule has 0 radical (unpaired) electrons. The van der Waals surface area contributed by atoms with Crippen molar-refractivity contribution in [2.45, 2.75) is 13.3 Å². The molecule has 0 heterocycles. The Hall–Kier alpha value is -0.723. The summed E-state index contributed by atoms with van der Waals surface area (Å²) in [4.78, 5) is 20.4. The molecule has 5 heteroatoms. The maximum absolute atomic E-state index is 10.6. The van der Waals surface area contributed by atoms with Gasteiger partial charge in [-0.2, -0.15) is 0 Å². The van der Waals surface area contributed by atoms with Crippen LogP contribution in [0.3, 0.4) is 0 Å². The van der Waals surface area contributed by atoms with Crippen molar-refractivity contribution in [3.8, 4) is 0 Å². The van der Waals surface area contributed by atoms with Crippen LogP contribution in [0, 0.1) is 0 Å². The fraction of sp³-hybridized carbons (Fsp3) is 0.429. The third-order valence-electron chi connectivity index (χ3n) is 0.888. The minimum atomic E-state index is -1.24. The molecule has 0 aromatic carbocycles. The monoisotopic (exact) mass is 164 g/mol. The molecule has 0 spiro atoms. The van der Waals surface area contributed by atoms with Gasteiger partial charge in [0.25, 0.3) is 0 Å². The third-order valence-corrected chi connectivity index (χ3v) is 0.888. The van der Waals surface area contributed by atoms with Crippen LogP contribution in [-0.4, -0.2) is 18.5 Å². The minimum Gasteiger partial charge on any atom is -0.550 e. The Morgan fingerprint density at radius 2 is 2.00 bits per heavy atom. The van der Waals surface area contributed by atoms with Crippen molar-refractivity contribution in [2.75, 3.05) is 6.61 Å². The molecule has 62 valence electrons. The van der Waals surface area contributed by atoms with E-state index in [1.54, 1.807) is 0 Å². The first-order valence-electron chi connectivity index (χ1n) is 3.06. The van der Waals surface area contributed by atoms with Gasteiger partial charge in [0.1, 0.15) is 0 Å². The van der Waals surface area contributed by atoms with Crippen LogP contribution in [0.1, 0.15) is 13.3 Å². The Labute approximate surface area is 82.8 Å². The van der Waals surface area contributed by atoms with Crippen molar-refractivity contribution in [3.63, 3.8) is 0 Å². The molecule has 0 aliphatic carbocycles. The average Bonchev–Trinajstić information content (AvgIpc) is 1.86. The van der Waals surface area contributed by atoms with Gasteiger partial charge >= 0.3 is 24.8 Å². The van der Waals surface area contributed by atoms with E-state index in [2.05, 4.69) is 11.3 Å². The second kappa shape index (κ2) is 6.96. The number of carboxylic acid groups (broad SMARTS) is 1. The van der Waals surface area contributed by atoms with Crippen molar-refractivity contribution in [1.82, 2.24) is 0 Å². The third kappa shape index (κ3) is 7.39. The van der Waals surface area contributed by atoms with E-state index in [9.17, 15) is 14.7 Å². The van der Waals surface area contributed by atoms with E-state index in [4.69, 9.17) is 0 Å². The second-order valence-electron chi connectivity index (χ2n) is 2.04. The average molecular weight is 164 g/mol. The van der Waals surface area contributed by atoms with E-state index in [-0.39, 0.29) is 37.5 Å². The van der Waals surface area contributed by atoms with Crippen LogP contribution < -0.4 is 24.0 Å². The van der Waals surface area contributed by atoms with Gasteiger partial charge in [-0.1, -0.05) is 6.58 Å². The van der Waals surface area contributed by atoms with Crippen LogP contribution in [0.25, 0.3) is 0 Å². The predicted octanol–water partition coefficient (Wildman–Crippen LogP) is -3.75. The summed E-state index contributed by atoms with van der Waals surface area (Å²) in [6, 6.07) is 0. The number of rotatable bonds is 4. The Bertz CT molecular complexity index is 188. The summed E-state index contributed by atoms with van der Waals surface area (Å²) in [5, 5.41) is 9.83. The Kier molecular flexibility index (Phi) is 8.02. The normalized spacial score (nSPS) is 8.08. The maximum atomic E-state index is 10.6. The number of carboxylic acids is 1. The molecule has 0 amide bonds. The SMILES string of the molecule is C=C(C)C(=O)OCCC(=O)[O-].[Li+]. The number of ether oxygens (including phenoxy) is 1. The molecule has 0 aliphatic rings. The van der Waals surface area contributed by atoms with E-state index < -0.39 is 11.9 Å². The zero-order valence-corrected chi connectivity index (χ0v) is 7.25. The van der Waals surface area contributed by atoms with E-state index in [1.165, 1.54) is 6.92 Å². The van der Waals surface area contributed by atoms with Crippen molar-refractivity contribution in [2.24, 2.45) is 0 Å². The molecule has 12 heavy (non-hydrogen) atoms. The van der Waals surface area contributed by atoms with Gasteiger partial charge in [0.2, 0.25) is 0 Å². The van der Waals surface area contributed by atoms with Crippen LogP contribution in [0.15, 0.2) is 12.2 Å². The van der Waals surface area contributed by atoms with Crippen molar-refractivity contribution >= 4 is 11.9 Å². The zero-order valence-electron chi connectivity index (χ0n) is 7.25. The van der Waals surface area contributed by atoms with Gasteiger partial charge in [0, 0.05) is 18.0 Å². The second-order valence-corrected chi connectivity index (χ2v) is 2.04. The number of esters is 1. The fourth-order valence-corrected chi connectivity index (χ4v) is 0.350. The quantitative estimate of drug-likeness (QED) is 0.243. The summed E-state index contributed by atoms with van der Waals surface area (Å²) in [5.41, 5.74) is 0.253. The van der Waals surface area contributed by atoms with E-state index in [0.29, 0.717) is 0 Å². The van der Waals surface area contributed by atoms with Crippen LogP contribution in [-0.2, 0) is 14.3 Å². The van der Waals surface area contributed by atoms with E-state index in [0.717, 1.165) is 0 Å². The number of carbonyl (C=O) groups is 2. The molecule has 0 aromatic rings. The van der Waals surface area contributed by atoms with E-state index in [1.807, 2.05) is 0 Å². The summed E-state index contributed by atoms with van der Waals surface area (Å²) in [6.07, 6.45) is -0.279. The van der Waals surface area contributed by atoms with Crippen LogP contribution in [0.2, 0.25) is 0 Å². The van der Waals surface area contributed by atoms with Crippen LogP contribution in [0.4, 0.5) is 0 Å². The van der Waals surface area contributed by atoms with Gasteiger partial charge in [0.05, 0.1) is 6.61 Å². The van der Waals surface area contributed by atoms with Gasteiger partial charge in [-0.25, -0.2) is 4.79 Å². The number of aliphatic carboxylic acids is 1. The van der Waals surface area contributed by atoms with Gasteiger partial charge < -0.3 is 14.6 Å². The molecule has 0 N–H and O–H groups in total. The van der Waals surface area contributed by atoms with Gasteiger partial charge in [-0.05, 0) is 6.92 Å². The summed E-state index contributed by atoms with van der Waals surface area (Å²) in [5.74, 6) is -1.81. The Morgan fingerprint density at radius 3 is 2.33 bits per heavy atom. The molecule has 0 rings (SSSR count). The molecule has 0 aromatic heterocycles. The molecule has 0 unspecified atom stereocenters. The van der Waals surface area contributed by atoms with Crippen LogP contribution in [0.5, 0.6) is 0 Å². The first kappa shape index (κ1) is 13.8. The smallest absolute Gasteiger partial charge is 0.550 e.